The standard InChI is InChI=1S/C10H13N/c1-3-4-9-5-6-10(11)8(2)7-9/h3-7H,11H2,1-2H3. The van der Waals surface area contributed by atoms with E-state index >= 15 is 0 Å². The molecule has 0 aliphatic carbocycles. The molecule has 0 amide bonds. The monoisotopic (exact) mass is 147 g/mol. The smallest absolute Gasteiger partial charge is 0.0344 e. The second-order valence-electron chi connectivity index (χ2n) is 2.62. The molecule has 0 unspecified atom stereocenters. The van der Waals surface area contributed by atoms with E-state index in [-0.39, 0.29) is 0 Å². The van der Waals surface area contributed by atoms with Crippen LogP contribution in [-0.4, -0.2) is 0 Å². The topological polar surface area (TPSA) is 26.0 Å². The highest BCUT2D eigenvalue weighted by Gasteiger charge is 1.91. The zero-order chi connectivity index (χ0) is 8.27. The average molecular weight is 147 g/mol. The fourth-order valence-corrected chi connectivity index (χ4v) is 0.995. The molecule has 0 aliphatic rings. The van der Waals surface area contributed by atoms with Crippen LogP contribution < -0.4 is 5.73 Å². The summed E-state index contributed by atoms with van der Waals surface area (Å²) >= 11 is 0. The summed E-state index contributed by atoms with van der Waals surface area (Å²) in [5.41, 5.74) is 8.87. The van der Waals surface area contributed by atoms with E-state index in [0.29, 0.717) is 0 Å². The Morgan fingerprint density at radius 2 is 2.09 bits per heavy atom. The number of aryl methyl sites for hydroxylation is 1. The molecular weight excluding hydrogens is 134 g/mol. The van der Waals surface area contributed by atoms with Crippen molar-refractivity contribution in [3.05, 3.63) is 35.4 Å². The maximum absolute atomic E-state index is 5.66. The van der Waals surface area contributed by atoms with Gasteiger partial charge in [-0.05, 0) is 31.0 Å². The molecule has 0 saturated heterocycles. The van der Waals surface area contributed by atoms with Crippen LogP contribution in [0.3, 0.4) is 0 Å². The Hall–Kier alpha value is -1.24. The van der Waals surface area contributed by atoms with Crippen molar-refractivity contribution in [2.45, 2.75) is 13.8 Å². The first-order chi connectivity index (χ1) is 5.24. The van der Waals surface area contributed by atoms with E-state index in [2.05, 4.69) is 12.1 Å². The summed E-state index contributed by atoms with van der Waals surface area (Å²) in [7, 11) is 0. The van der Waals surface area contributed by atoms with Crippen LogP contribution in [0.1, 0.15) is 18.1 Å². The molecule has 58 valence electrons. The van der Waals surface area contributed by atoms with Crippen LogP contribution in [0.15, 0.2) is 24.3 Å². The van der Waals surface area contributed by atoms with Gasteiger partial charge in [-0.1, -0.05) is 24.3 Å². The van der Waals surface area contributed by atoms with E-state index in [0.717, 1.165) is 11.3 Å². The minimum atomic E-state index is 0.859. The molecule has 0 radical (unpaired) electrons. The van der Waals surface area contributed by atoms with Crippen molar-refractivity contribution in [1.29, 1.82) is 0 Å². The van der Waals surface area contributed by atoms with Crippen molar-refractivity contribution < 1.29 is 0 Å². The van der Waals surface area contributed by atoms with Gasteiger partial charge in [0.2, 0.25) is 0 Å². The number of allylic oxidation sites excluding steroid dienone is 1. The van der Waals surface area contributed by atoms with Crippen LogP contribution in [-0.2, 0) is 0 Å². The van der Waals surface area contributed by atoms with Crippen LogP contribution in [0.4, 0.5) is 5.69 Å². The van der Waals surface area contributed by atoms with Gasteiger partial charge in [0.15, 0.2) is 0 Å². The molecule has 2 N–H and O–H groups in total. The highest BCUT2D eigenvalue weighted by Crippen LogP contribution is 2.13. The van der Waals surface area contributed by atoms with Crippen molar-refractivity contribution >= 4 is 11.8 Å². The molecule has 0 aromatic heterocycles. The Morgan fingerprint density at radius 1 is 1.36 bits per heavy atom. The molecule has 1 aromatic rings. The summed E-state index contributed by atoms with van der Waals surface area (Å²) in [6, 6.07) is 6.03. The quantitative estimate of drug-likeness (QED) is 0.607. The third-order valence-corrected chi connectivity index (χ3v) is 1.65. The number of nitrogens with two attached hydrogens (primary N) is 1. The Morgan fingerprint density at radius 3 is 2.64 bits per heavy atom. The van der Waals surface area contributed by atoms with Gasteiger partial charge in [-0.25, -0.2) is 0 Å². The zero-order valence-corrected chi connectivity index (χ0v) is 6.96. The van der Waals surface area contributed by atoms with Gasteiger partial charge < -0.3 is 5.73 Å². The van der Waals surface area contributed by atoms with Crippen LogP contribution in [0.5, 0.6) is 0 Å². The van der Waals surface area contributed by atoms with Gasteiger partial charge in [0.05, 0.1) is 0 Å². The molecule has 0 saturated carbocycles. The second-order valence-corrected chi connectivity index (χ2v) is 2.62. The molecule has 1 nitrogen and oxygen atoms in total. The second kappa shape index (κ2) is 3.24. The van der Waals surface area contributed by atoms with Gasteiger partial charge in [0.25, 0.3) is 0 Å². The van der Waals surface area contributed by atoms with Crippen molar-refractivity contribution in [2.24, 2.45) is 0 Å². The number of benzene rings is 1. The molecule has 0 bridgehead atoms. The van der Waals surface area contributed by atoms with Crippen molar-refractivity contribution in [2.75, 3.05) is 5.73 Å². The van der Waals surface area contributed by atoms with Gasteiger partial charge in [-0.3, -0.25) is 0 Å². The molecule has 1 aromatic carbocycles. The maximum Gasteiger partial charge on any atom is 0.0344 e. The maximum atomic E-state index is 5.66. The Kier molecular flexibility index (Phi) is 2.32. The fraction of sp³-hybridized carbons (Fsp3) is 0.200. The van der Waals surface area contributed by atoms with Crippen LogP contribution in [0.25, 0.3) is 6.08 Å². The Balaban J connectivity index is 3.05. The summed E-state index contributed by atoms with van der Waals surface area (Å²) in [5.74, 6) is 0. The predicted octanol–water partition coefficient (Wildman–Crippen LogP) is 2.61. The molecule has 1 rings (SSSR count). The zero-order valence-electron chi connectivity index (χ0n) is 6.96. The third kappa shape index (κ3) is 1.84. The van der Waals surface area contributed by atoms with E-state index in [1.807, 2.05) is 32.1 Å². The Bertz CT molecular complexity index is 274. The molecule has 0 fully saturated rings. The minimum Gasteiger partial charge on any atom is -0.399 e. The van der Waals surface area contributed by atoms with Gasteiger partial charge >= 0.3 is 0 Å². The van der Waals surface area contributed by atoms with Crippen molar-refractivity contribution in [3.8, 4) is 0 Å². The molecule has 0 atom stereocenters. The molecule has 0 heterocycles. The van der Waals surface area contributed by atoms with E-state index in [9.17, 15) is 0 Å². The van der Waals surface area contributed by atoms with Gasteiger partial charge in [-0.15, -0.1) is 0 Å². The van der Waals surface area contributed by atoms with Gasteiger partial charge in [-0.2, -0.15) is 0 Å². The largest absolute Gasteiger partial charge is 0.399 e. The molecule has 0 aliphatic heterocycles. The minimum absolute atomic E-state index is 0.859. The van der Waals surface area contributed by atoms with Gasteiger partial charge in [0, 0.05) is 5.69 Å². The van der Waals surface area contributed by atoms with E-state index in [4.69, 9.17) is 5.73 Å². The number of nitrogen functional groups attached to an aromatic ring is 1. The highest BCUT2D eigenvalue weighted by atomic mass is 14.5. The van der Waals surface area contributed by atoms with Gasteiger partial charge in [0.1, 0.15) is 0 Å². The molecule has 1 heteroatoms. The van der Waals surface area contributed by atoms with E-state index in [1.54, 1.807) is 0 Å². The number of rotatable bonds is 1. The number of anilines is 1. The molecule has 0 spiro atoms. The normalized spacial score (nSPS) is 10.7. The van der Waals surface area contributed by atoms with Crippen molar-refractivity contribution in [1.82, 2.24) is 0 Å². The molecule has 11 heavy (non-hydrogen) atoms. The summed E-state index contributed by atoms with van der Waals surface area (Å²) in [4.78, 5) is 0. The lowest BCUT2D eigenvalue weighted by Gasteiger charge is -1.99. The fourth-order valence-electron chi connectivity index (χ4n) is 0.995. The predicted molar refractivity (Wildman–Crippen MR) is 50.3 cm³/mol. The summed E-state index contributed by atoms with van der Waals surface area (Å²) < 4.78 is 0. The van der Waals surface area contributed by atoms with E-state index < -0.39 is 0 Å². The first-order valence-electron chi connectivity index (χ1n) is 3.73. The summed E-state index contributed by atoms with van der Waals surface area (Å²) in [5, 5.41) is 0. The lowest BCUT2D eigenvalue weighted by molar-refractivity contribution is 1.46. The van der Waals surface area contributed by atoms with Crippen LogP contribution in [0, 0.1) is 6.92 Å². The van der Waals surface area contributed by atoms with E-state index in [1.165, 1.54) is 5.56 Å². The average Bonchev–Trinajstić information content (AvgIpc) is 1.98. The van der Waals surface area contributed by atoms with Crippen LogP contribution in [0.2, 0.25) is 0 Å². The molecular formula is C10H13N. The highest BCUT2D eigenvalue weighted by molar-refractivity contribution is 5.56. The number of hydrogen-bond acceptors (Lipinski definition) is 1. The van der Waals surface area contributed by atoms with Crippen molar-refractivity contribution in [3.63, 3.8) is 0 Å². The summed E-state index contributed by atoms with van der Waals surface area (Å²) in [6.07, 6.45) is 4.08. The first-order valence-corrected chi connectivity index (χ1v) is 3.73. The Labute approximate surface area is 67.5 Å². The first kappa shape index (κ1) is 7.86. The third-order valence-electron chi connectivity index (χ3n) is 1.65. The lowest BCUT2D eigenvalue weighted by atomic mass is 10.1. The van der Waals surface area contributed by atoms with Crippen LogP contribution >= 0.6 is 0 Å². The lowest BCUT2D eigenvalue weighted by Crippen LogP contribution is -1.88. The number of hydrogen-bond donors (Lipinski definition) is 1. The SMILES string of the molecule is CC=Cc1ccc(N)c(C)c1. The summed E-state index contributed by atoms with van der Waals surface area (Å²) in [6.45, 7) is 4.02.